The zero-order valence-electron chi connectivity index (χ0n) is 9.91. The fraction of sp³-hybridized carbons (Fsp3) is 0.0769. The summed E-state index contributed by atoms with van der Waals surface area (Å²) in [6, 6.07) is 7.78. The molecule has 0 unspecified atom stereocenters. The highest BCUT2D eigenvalue weighted by Crippen LogP contribution is 2.34. The topological polar surface area (TPSA) is 42.0 Å². The molecule has 1 aromatic carbocycles. The summed E-state index contributed by atoms with van der Waals surface area (Å²) < 4.78 is 38.7. The summed E-state index contributed by atoms with van der Waals surface area (Å²) >= 11 is 3.07. The third-order valence-corrected chi connectivity index (χ3v) is 3.12. The lowest BCUT2D eigenvalue weighted by Crippen LogP contribution is -2.17. The van der Waals surface area contributed by atoms with Crippen molar-refractivity contribution in [2.75, 3.05) is 5.32 Å². The number of alkyl halides is 3. The Balaban J connectivity index is 2.32. The van der Waals surface area contributed by atoms with Gasteiger partial charge in [0.1, 0.15) is 4.60 Å². The number of anilines is 1. The van der Waals surface area contributed by atoms with Crippen molar-refractivity contribution in [1.82, 2.24) is 4.98 Å². The molecule has 2 aromatic rings. The largest absolute Gasteiger partial charge is 0.418 e. The Bertz CT molecular complexity index is 644. The van der Waals surface area contributed by atoms with E-state index in [-0.39, 0.29) is 15.9 Å². The third-order valence-electron chi connectivity index (χ3n) is 2.48. The van der Waals surface area contributed by atoms with E-state index in [4.69, 9.17) is 0 Å². The number of carbonyl (C=O) groups excluding carboxylic acids is 1. The fourth-order valence-electron chi connectivity index (χ4n) is 1.58. The second kappa shape index (κ2) is 5.62. The first-order chi connectivity index (χ1) is 9.39. The smallest absolute Gasteiger partial charge is 0.321 e. The van der Waals surface area contributed by atoms with Crippen LogP contribution in [-0.4, -0.2) is 10.9 Å². The maximum Gasteiger partial charge on any atom is 0.418 e. The van der Waals surface area contributed by atoms with E-state index in [1.54, 1.807) is 0 Å². The van der Waals surface area contributed by atoms with E-state index >= 15 is 0 Å². The van der Waals surface area contributed by atoms with Gasteiger partial charge in [0.15, 0.2) is 0 Å². The molecule has 104 valence electrons. The van der Waals surface area contributed by atoms with Gasteiger partial charge in [0.25, 0.3) is 5.91 Å². The zero-order chi connectivity index (χ0) is 14.8. The van der Waals surface area contributed by atoms with Crippen LogP contribution < -0.4 is 5.32 Å². The van der Waals surface area contributed by atoms with Crippen LogP contribution in [0.1, 0.15) is 15.9 Å². The maximum absolute atomic E-state index is 12.8. The summed E-state index contributed by atoms with van der Waals surface area (Å²) in [5.41, 5.74) is -1.03. The SMILES string of the molecule is O=C(Nc1ccccc1C(F)(F)F)c1cccnc1Br. The Morgan fingerprint density at radius 3 is 2.50 bits per heavy atom. The van der Waals surface area contributed by atoms with Gasteiger partial charge in [0, 0.05) is 6.20 Å². The van der Waals surface area contributed by atoms with Gasteiger partial charge < -0.3 is 5.32 Å². The van der Waals surface area contributed by atoms with Crippen molar-refractivity contribution in [2.45, 2.75) is 6.18 Å². The summed E-state index contributed by atoms with van der Waals surface area (Å²) in [7, 11) is 0. The van der Waals surface area contributed by atoms with Gasteiger partial charge >= 0.3 is 6.18 Å². The van der Waals surface area contributed by atoms with Gasteiger partial charge in [-0.25, -0.2) is 4.98 Å². The van der Waals surface area contributed by atoms with Crippen LogP contribution in [0.15, 0.2) is 47.2 Å². The monoisotopic (exact) mass is 344 g/mol. The molecule has 1 aromatic heterocycles. The molecule has 0 aliphatic heterocycles. The molecule has 3 nitrogen and oxygen atoms in total. The Morgan fingerprint density at radius 2 is 1.85 bits per heavy atom. The molecule has 0 fully saturated rings. The van der Waals surface area contributed by atoms with Crippen molar-refractivity contribution >= 4 is 27.5 Å². The van der Waals surface area contributed by atoms with Crippen LogP contribution in [0.25, 0.3) is 0 Å². The maximum atomic E-state index is 12.8. The second-order valence-corrected chi connectivity index (χ2v) is 4.59. The molecule has 2 rings (SSSR count). The number of hydrogen-bond acceptors (Lipinski definition) is 2. The minimum atomic E-state index is -4.53. The normalized spacial score (nSPS) is 11.2. The quantitative estimate of drug-likeness (QED) is 0.833. The molecule has 0 saturated heterocycles. The molecule has 7 heteroatoms. The van der Waals surface area contributed by atoms with Crippen molar-refractivity contribution in [3.63, 3.8) is 0 Å². The summed E-state index contributed by atoms with van der Waals surface area (Å²) in [6.07, 6.45) is -3.07. The molecule has 0 aliphatic rings. The van der Waals surface area contributed by atoms with Gasteiger partial charge in [0.05, 0.1) is 16.8 Å². The van der Waals surface area contributed by atoms with E-state index in [0.717, 1.165) is 6.07 Å². The summed E-state index contributed by atoms with van der Waals surface area (Å²) in [6.45, 7) is 0. The predicted octanol–water partition coefficient (Wildman–Crippen LogP) is 4.12. The molecular weight excluding hydrogens is 337 g/mol. The van der Waals surface area contributed by atoms with Gasteiger partial charge in [-0.15, -0.1) is 0 Å². The Morgan fingerprint density at radius 1 is 1.15 bits per heavy atom. The standard InChI is InChI=1S/C13H8BrF3N2O/c14-11-8(4-3-7-18-11)12(20)19-10-6-2-1-5-9(10)13(15,16)17/h1-7H,(H,19,20). The Labute approximate surface area is 121 Å². The van der Waals surface area contributed by atoms with Crippen LogP contribution in [0.3, 0.4) is 0 Å². The summed E-state index contributed by atoms with van der Waals surface area (Å²) in [4.78, 5) is 15.8. The first kappa shape index (κ1) is 14.5. The molecule has 1 heterocycles. The first-order valence-corrected chi connectivity index (χ1v) is 6.27. The number of carbonyl (C=O) groups is 1. The lowest BCUT2D eigenvalue weighted by Gasteiger charge is -2.13. The molecule has 0 aliphatic carbocycles. The average molecular weight is 345 g/mol. The molecule has 0 saturated carbocycles. The highest BCUT2D eigenvalue weighted by Gasteiger charge is 2.33. The number of amides is 1. The highest BCUT2D eigenvalue weighted by atomic mass is 79.9. The molecule has 0 atom stereocenters. The second-order valence-electron chi connectivity index (χ2n) is 3.84. The molecule has 1 N–H and O–H groups in total. The number of aromatic nitrogens is 1. The van der Waals surface area contributed by atoms with E-state index < -0.39 is 17.6 Å². The lowest BCUT2D eigenvalue weighted by atomic mass is 10.1. The van der Waals surface area contributed by atoms with Crippen molar-refractivity contribution in [2.24, 2.45) is 0 Å². The lowest BCUT2D eigenvalue weighted by molar-refractivity contribution is -0.136. The van der Waals surface area contributed by atoms with Gasteiger partial charge in [-0.05, 0) is 40.2 Å². The number of nitrogens with one attached hydrogen (secondary N) is 1. The van der Waals surface area contributed by atoms with E-state index in [1.807, 2.05) is 0 Å². The zero-order valence-corrected chi connectivity index (χ0v) is 11.5. The van der Waals surface area contributed by atoms with E-state index in [9.17, 15) is 18.0 Å². The van der Waals surface area contributed by atoms with E-state index in [1.165, 1.54) is 36.5 Å². The molecule has 0 bridgehead atoms. The minimum absolute atomic E-state index is 0.157. The number of nitrogens with zero attached hydrogens (tertiary/aromatic N) is 1. The molecule has 20 heavy (non-hydrogen) atoms. The number of para-hydroxylation sites is 1. The number of halogens is 4. The third kappa shape index (κ3) is 3.16. The Hall–Kier alpha value is -1.89. The van der Waals surface area contributed by atoms with Crippen LogP contribution >= 0.6 is 15.9 Å². The van der Waals surface area contributed by atoms with Gasteiger partial charge in [0.2, 0.25) is 0 Å². The summed E-state index contributed by atoms with van der Waals surface area (Å²) in [5, 5.41) is 2.25. The van der Waals surface area contributed by atoms with Crippen LogP contribution in [0.2, 0.25) is 0 Å². The van der Waals surface area contributed by atoms with Crippen molar-refractivity contribution in [3.05, 3.63) is 58.3 Å². The Kier molecular flexibility index (Phi) is 4.08. The van der Waals surface area contributed by atoms with Crippen LogP contribution in [0.4, 0.5) is 18.9 Å². The number of benzene rings is 1. The van der Waals surface area contributed by atoms with Gasteiger partial charge in [-0.2, -0.15) is 13.2 Å². The van der Waals surface area contributed by atoms with E-state index in [0.29, 0.717) is 0 Å². The number of pyridine rings is 1. The van der Waals surface area contributed by atoms with Crippen molar-refractivity contribution < 1.29 is 18.0 Å². The molecule has 0 spiro atoms. The van der Waals surface area contributed by atoms with Crippen LogP contribution in [0, 0.1) is 0 Å². The van der Waals surface area contributed by atoms with Crippen LogP contribution in [0.5, 0.6) is 0 Å². The molecular formula is C13H8BrF3N2O. The van der Waals surface area contributed by atoms with E-state index in [2.05, 4.69) is 26.2 Å². The predicted molar refractivity (Wildman–Crippen MR) is 71.3 cm³/mol. The van der Waals surface area contributed by atoms with Crippen molar-refractivity contribution in [3.8, 4) is 0 Å². The number of hydrogen-bond donors (Lipinski definition) is 1. The average Bonchev–Trinajstić information content (AvgIpc) is 2.38. The highest BCUT2D eigenvalue weighted by molar-refractivity contribution is 9.10. The summed E-state index contributed by atoms with van der Waals surface area (Å²) in [5.74, 6) is -0.665. The fourth-order valence-corrected chi connectivity index (χ4v) is 2.01. The van der Waals surface area contributed by atoms with Gasteiger partial charge in [-0.1, -0.05) is 12.1 Å². The first-order valence-electron chi connectivity index (χ1n) is 5.47. The van der Waals surface area contributed by atoms with Crippen LogP contribution in [-0.2, 0) is 6.18 Å². The van der Waals surface area contributed by atoms with Crippen molar-refractivity contribution in [1.29, 1.82) is 0 Å². The number of rotatable bonds is 2. The van der Waals surface area contributed by atoms with Gasteiger partial charge in [-0.3, -0.25) is 4.79 Å². The molecule has 0 radical (unpaired) electrons. The minimum Gasteiger partial charge on any atom is -0.321 e. The molecule has 1 amide bonds.